The van der Waals surface area contributed by atoms with E-state index in [4.69, 9.17) is 15.2 Å². The zero-order chi connectivity index (χ0) is 14.0. The van der Waals surface area contributed by atoms with Gasteiger partial charge in [0, 0.05) is 36.6 Å². The van der Waals surface area contributed by atoms with Crippen molar-refractivity contribution in [1.29, 1.82) is 0 Å². The third-order valence-corrected chi connectivity index (χ3v) is 3.08. The van der Waals surface area contributed by atoms with Crippen LogP contribution < -0.4 is 15.4 Å². The Morgan fingerprint density at radius 1 is 1.32 bits per heavy atom. The quantitative estimate of drug-likeness (QED) is 0.853. The summed E-state index contributed by atoms with van der Waals surface area (Å²) in [6.07, 6.45) is 0.149. The first-order chi connectivity index (χ1) is 8.85. The highest BCUT2D eigenvalue weighted by Gasteiger charge is 2.27. The topological polar surface area (TPSA) is 47.7 Å². The number of morpholine rings is 1. The van der Waals surface area contributed by atoms with Crippen LogP contribution in [0.4, 0.5) is 11.4 Å². The van der Waals surface area contributed by atoms with Gasteiger partial charge in [0.15, 0.2) is 0 Å². The standard InChI is InChI=1S/C15H24N2O2/c1-11(2)19-14-8-12(16)7-13(9-14)17-5-6-18-15(3,4)10-17/h7-9,11H,5-6,10,16H2,1-4H3. The van der Waals surface area contributed by atoms with E-state index >= 15 is 0 Å². The number of hydrogen-bond donors (Lipinski definition) is 1. The molecule has 4 nitrogen and oxygen atoms in total. The van der Waals surface area contributed by atoms with Gasteiger partial charge in [-0.3, -0.25) is 0 Å². The summed E-state index contributed by atoms with van der Waals surface area (Å²) in [4.78, 5) is 2.30. The van der Waals surface area contributed by atoms with Crippen LogP contribution in [0.1, 0.15) is 27.7 Å². The van der Waals surface area contributed by atoms with Crippen LogP contribution in [0, 0.1) is 0 Å². The van der Waals surface area contributed by atoms with Crippen molar-refractivity contribution < 1.29 is 9.47 Å². The van der Waals surface area contributed by atoms with Crippen molar-refractivity contribution in [1.82, 2.24) is 0 Å². The molecular formula is C15H24N2O2. The maximum Gasteiger partial charge on any atom is 0.123 e. The van der Waals surface area contributed by atoms with E-state index in [0.29, 0.717) is 0 Å². The average Bonchev–Trinajstić information content (AvgIpc) is 2.25. The first-order valence-electron chi connectivity index (χ1n) is 6.82. The second kappa shape index (κ2) is 5.29. The second-order valence-corrected chi connectivity index (χ2v) is 5.96. The van der Waals surface area contributed by atoms with E-state index in [1.165, 1.54) is 0 Å². The molecule has 2 rings (SSSR count). The molecule has 0 aromatic heterocycles. The molecule has 106 valence electrons. The number of nitrogen functional groups attached to an aromatic ring is 1. The van der Waals surface area contributed by atoms with E-state index in [2.05, 4.69) is 24.8 Å². The van der Waals surface area contributed by atoms with E-state index in [1.54, 1.807) is 0 Å². The minimum absolute atomic E-state index is 0.123. The molecule has 19 heavy (non-hydrogen) atoms. The number of nitrogens with zero attached hydrogens (tertiary/aromatic N) is 1. The van der Waals surface area contributed by atoms with E-state index in [0.717, 1.165) is 36.8 Å². The summed E-state index contributed by atoms with van der Waals surface area (Å²) in [5, 5.41) is 0. The van der Waals surface area contributed by atoms with Gasteiger partial charge in [0.05, 0.1) is 18.3 Å². The van der Waals surface area contributed by atoms with Gasteiger partial charge in [-0.2, -0.15) is 0 Å². The van der Waals surface area contributed by atoms with Gasteiger partial charge in [0.1, 0.15) is 5.75 Å². The van der Waals surface area contributed by atoms with Crippen LogP contribution >= 0.6 is 0 Å². The van der Waals surface area contributed by atoms with Gasteiger partial charge in [0.25, 0.3) is 0 Å². The number of ether oxygens (including phenoxy) is 2. The molecule has 0 bridgehead atoms. The van der Waals surface area contributed by atoms with Crippen LogP contribution in [0.25, 0.3) is 0 Å². The zero-order valence-corrected chi connectivity index (χ0v) is 12.3. The molecule has 1 fully saturated rings. The van der Waals surface area contributed by atoms with Crippen LogP contribution in [0.5, 0.6) is 5.75 Å². The lowest BCUT2D eigenvalue weighted by atomic mass is 10.1. The van der Waals surface area contributed by atoms with E-state index in [1.807, 2.05) is 26.0 Å². The number of nitrogens with two attached hydrogens (primary N) is 1. The highest BCUT2D eigenvalue weighted by Crippen LogP contribution is 2.29. The van der Waals surface area contributed by atoms with Gasteiger partial charge in [-0.25, -0.2) is 0 Å². The second-order valence-electron chi connectivity index (χ2n) is 5.96. The SMILES string of the molecule is CC(C)Oc1cc(N)cc(N2CCOC(C)(C)C2)c1. The highest BCUT2D eigenvalue weighted by atomic mass is 16.5. The maximum atomic E-state index is 5.97. The predicted molar refractivity (Wildman–Crippen MR) is 78.9 cm³/mol. The smallest absolute Gasteiger partial charge is 0.123 e. The molecule has 0 amide bonds. The third kappa shape index (κ3) is 3.77. The lowest BCUT2D eigenvalue weighted by molar-refractivity contribution is -0.0277. The Balaban J connectivity index is 2.21. The molecule has 1 saturated heterocycles. The monoisotopic (exact) mass is 264 g/mol. The van der Waals surface area contributed by atoms with Gasteiger partial charge in [-0.1, -0.05) is 0 Å². The van der Waals surface area contributed by atoms with Gasteiger partial charge < -0.3 is 20.1 Å². The number of hydrogen-bond acceptors (Lipinski definition) is 4. The number of anilines is 2. The zero-order valence-electron chi connectivity index (χ0n) is 12.3. The van der Waals surface area contributed by atoms with Gasteiger partial charge in [-0.15, -0.1) is 0 Å². The van der Waals surface area contributed by atoms with Crippen molar-refractivity contribution in [3.05, 3.63) is 18.2 Å². The third-order valence-electron chi connectivity index (χ3n) is 3.08. The Hall–Kier alpha value is -1.42. The molecule has 0 saturated carbocycles. The molecule has 0 unspecified atom stereocenters. The van der Waals surface area contributed by atoms with Gasteiger partial charge in [-0.05, 0) is 33.8 Å². The van der Waals surface area contributed by atoms with Crippen molar-refractivity contribution in [3.63, 3.8) is 0 Å². The summed E-state index contributed by atoms with van der Waals surface area (Å²) >= 11 is 0. The van der Waals surface area contributed by atoms with Crippen molar-refractivity contribution in [2.45, 2.75) is 39.4 Å². The fourth-order valence-electron chi connectivity index (χ4n) is 2.37. The molecule has 4 heteroatoms. The summed E-state index contributed by atoms with van der Waals surface area (Å²) in [7, 11) is 0. The lowest BCUT2D eigenvalue weighted by Crippen LogP contribution is -2.48. The molecule has 2 N–H and O–H groups in total. The predicted octanol–water partition coefficient (Wildman–Crippen LogP) is 2.67. The molecule has 1 heterocycles. The van der Waals surface area contributed by atoms with Crippen LogP contribution in [-0.4, -0.2) is 31.4 Å². The minimum Gasteiger partial charge on any atom is -0.491 e. The summed E-state index contributed by atoms with van der Waals surface area (Å²) in [6, 6.07) is 5.92. The summed E-state index contributed by atoms with van der Waals surface area (Å²) in [5.41, 5.74) is 7.69. The molecule has 1 aromatic rings. The molecule has 0 spiro atoms. The molecule has 0 radical (unpaired) electrons. The normalized spacial score (nSPS) is 18.7. The summed E-state index contributed by atoms with van der Waals surface area (Å²) < 4.78 is 11.5. The Morgan fingerprint density at radius 2 is 2.05 bits per heavy atom. The number of benzene rings is 1. The van der Waals surface area contributed by atoms with Crippen LogP contribution in [-0.2, 0) is 4.74 Å². The first kappa shape index (κ1) is 14.0. The van der Waals surface area contributed by atoms with Gasteiger partial charge >= 0.3 is 0 Å². The largest absolute Gasteiger partial charge is 0.491 e. The van der Waals surface area contributed by atoms with Crippen molar-refractivity contribution in [2.24, 2.45) is 0 Å². The van der Waals surface area contributed by atoms with Crippen LogP contribution in [0.3, 0.4) is 0 Å². The fourth-order valence-corrected chi connectivity index (χ4v) is 2.37. The minimum atomic E-state index is -0.123. The number of rotatable bonds is 3. The van der Waals surface area contributed by atoms with Crippen molar-refractivity contribution >= 4 is 11.4 Å². The first-order valence-corrected chi connectivity index (χ1v) is 6.82. The Bertz CT molecular complexity index is 444. The highest BCUT2D eigenvalue weighted by molar-refractivity contribution is 5.61. The summed E-state index contributed by atoms with van der Waals surface area (Å²) in [6.45, 7) is 10.7. The Kier molecular flexibility index (Phi) is 3.90. The van der Waals surface area contributed by atoms with E-state index in [9.17, 15) is 0 Å². The van der Waals surface area contributed by atoms with E-state index < -0.39 is 0 Å². The van der Waals surface area contributed by atoms with Crippen LogP contribution in [0.15, 0.2) is 18.2 Å². The van der Waals surface area contributed by atoms with Crippen LogP contribution in [0.2, 0.25) is 0 Å². The fraction of sp³-hybridized carbons (Fsp3) is 0.600. The lowest BCUT2D eigenvalue weighted by Gasteiger charge is -2.39. The summed E-state index contributed by atoms with van der Waals surface area (Å²) in [5.74, 6) is 0.828. The maximum absolute atomic E-state index is 5.97. The molecular weight excluding hydrogens is 240 g/mol. The molecule has 1 aromatic carbocycles. The Labute approximate surface area is 115 Å². The average molecular weight is 264 g/mol. The molecule has 0 aliphatic carbocycles. The van der Waals surface area contributed by atoms with Crippen molar-refractivity contribution in [2.75, 3.05) is 30.3 Å². The van der Waals surface area contributed by atoms with Gasteiger partial charge in [0.2, 0.25) is 0 Å². The Morgan fingerprint density at radius 3 is 2.68 bits per heavy atom. The van der Waals surface area contributed by atoms with Crippen molar-refractivity contribution in [3.8, 4) is 5.75 Å². The van der Waals surface area contributed by atoms with E-state index in [-0.39, 0.29) is 11.7 Å². The molecule has 0 atom stereocenters. The molecule has 1 aliphatic heterocycles. The molecule has 1 aliphatic rings.